The summed E-state index contributed by atoms with van der Waals surface area (Å²) in [6.07, 6.45) is 3.52. The van der Waals surface area contributed by atoms with Crippen LogP contribution in [0.2, 0.25) is 0 Å². The quantitative estimate of drug-likeness (QED) is 0.848. The zero-order chi connectivity index (χ0) is 13.9. The van der Waals surface area contributed by atoms with Gasteiger partial charge in [-0.15, -0.1) is 0 Å². The molecule has 0 aromatic carbocycles. The van der Waals surface area contributed by atoms with Crippen LogP contribution in [0.15, 0.2) is 22.2 Å². The lowest BCUT2D eigenvalue weighted by Crippen LogP contribution is -2.30. The SMILES string of the molecule is CNCc1cc(CN2CC=C(C(C)(C)C)CC2)on1. The largest absolute Gasteiger partial charge is 0.360 e. The summed E-state index contributed by atoms with van der Waals surface area (Å²) in [7, 11) is 1.91. The third-order valence-electron chi connectivity index (χ3n) is 3.60. The van der Waals surface area contributed by atoms with Crippen LogP contribution >= 0.6 is 0 Å². The van der Waals surface area contributed by atoms with Gasteiger partial charge in [0.2, 0.25) is 0 Å². The molecule has 0 radical (unpaired) electrons. The van der Waals surface area contributed by atoms with Gasteiger partial charge in [0.15, 0.2) is 5.76 Å². The molecule has 1 aromatic rings. The molecule has 1 N–H and O–H groups in total. The smallest absolute Gasteiger partial charge is 0.151 e. The second-order valence-electron chi connectivity index (χ2n) is 6.28. The molecule has 4 nitrogen and oxygen atoms in total. The standard InChI is InChI=1S/C15H25N3O/c1-15(2,3)12-5-7-18(8-6-12)11-14-9-13(10-16-4)17-19-14/h5,9,16H,6-8,10-11H2,1-4H3. The van der Waals surface area contributed by atoms with Crippen molar-refractivity contribution in [3.05, 3.63) is 29.2 Å². The molecule has 0 amide bonds. The average Bonchev–Trinajstić information content (AvgIpc) is 2.77. The predicted octanol–water partition coefficient (Wildman–Crippen LogP) is 2.57. The first kappa shape index (κ1) is 14.3. The predicted molar refractivity (Wildman–Crippen MR) is 76.7 cm³/mol. The Hall–Kier alpha value is -1.13. The van der Waals surface area contributed by atoms with Crippen LogP contribution < -0.4 is 5.32 Å². The first-order valence-electron chi connectivity index (χ1n) is 7.00. The average molecular weight is 263 g/mol. The minimum Gasteiger partial charge on any atom is -0.360 e. The Kier molecular flexibility index (Phi) is 4.42. The molecule has 1 aliphatic heterocycles. The van der Waals surface area contributed by atoms with E-state index < -0.39 is 0 Å². The van der Waals surface area contributed by atoms with Gasteiger partial charge >= 0.3 is 0 Å². The van der Waals surface area contributed by atoms with Crippen LogP contribution in [0.3, 0.4) is 0 Å². The fourth-order valence-electron chi connectivity index (χ4n) is 2.45. The van der Waals surface area contributed by atoms with Crippen molar-refractivity contribution in [2.24, 2.45) is 5.41 Å². The lowest BCUT2D eigenvalue weighted by molar-refractivity contribution is 0.236. The Labute approximate surface area is 115 Å². The molecular weight excluding hydrogens is 238 g/mol. The summed E-state index contributed by atoms with van der Waals surface area (Å²) >= 11 is 0. The first-order chi connectivity index (χ1) is 8.99. The minimum absolute atomic E-state index is 0.304. The molecule has 2 rings (SSSR count). The molecule has 1 aromatic heterocycles. The molecule has 1 aliphatic rings. The Bertz CT molecular complexity index is 442. The second kappa shape index (κ2) is 5.88. The summed E-state index contributed by atoms with van der Waals surface area (Å²) in [5.41, 5.74) is 2.84. The van der Waals surface area contributed by atoms with Gasteiger partial charge in [-0.3, -0.25) is 4.90 Å². The number of rotatable bonds is 4. The Balaban J connectivity index is 1.90. The van der Waals surface area contributed by atoms with Crippen LogP contribution in [0.5, 0.6) is 0 Å². The second-order valence-corrected chi connectivity index (χ2v) is 6.28. The summed E-state index contributed by atoms with van der Waals surface area (Å²) in [6.45, 7) is 10.6. The molecule has 106 valence electrons. The topological polar surface area (TPSA) is 41.3 Å². The molecule has 0 bridgehead atoms. The zero-order valence-corrected chi connectivity index (χ0v) is 12.5. The van der Waals surface area contributed by atoms with Crippen LogP contribution in [-0.4, -0.2) is 30.2 Å². The molecule has 0 atom stereocenters. The van der Waals surface area contributed by atoms with E-state index in [4.69, 9.17) is 4.52 Å². The van der Waals surface area contributed by atoms with Gasteiger partial charge in [0.25, 0.3) is 0 Å². The number of hydrogen-bond donors (Lipinski definition) is 1. The van der Waals surface area contributed by atoms with Crippen molar-refractivity contribution in [2.75, 3.05) is 20.1 Å². The summed E-state index contributed by atoms with van der Waals surface area (Å²) in [4.78, 5) is 2.40. The van der Waals surface area contributed by atoms with Crippen LogP contribution in [0.4, 0.5) is 0 Å². The Morgan fingerprint density at radius 1 is 1.42 bits per heavy atom. The van der Waals surface area contributed by atoms with Gasteiger partial charge in [0.1, 0.15) is 0 Å². The fourth-order valence-corrected chi connectivity index (χ4v) is 2.45. The highest BCUT2D eigenvalue weighted by molar-refractivity contribution is 5.15. The molecule has 0 saturated heterocycles. The third-order valence-corrected chi connectivity index (χ3v) is 3.60. The van der Waals surface area contributed by atoms with Crippen LogP contribution in [0.25, 0.3) is 0 Å². The lowest BCUT2D eigenvalue weighted by Gasteiger charge is -2.31. The van der Waals surface area contributed by atoms with Crippen molar-refractivity contribution in [1.82, 2.24) is 15.4 Å². The highest BCUT2D eigenvalue weighted by Crippen LogP contribution is 2.30. The molecule has 4 heteroatoms. The molecule has 0 fully saturated rings. The lowest BCUT2D eigenvalue weighted by atomic mass is 9.83. The van der Waals surface area contributed by atoms with Crippen molar-refractivity contribution < 1.29 is 4.52 Å². The number of hydrogen-bond acceptors (Lipinski definition) is 4. The Morgan fingerprint density at radius 3 is 2.79 bits per heavy atom. The van der Waals surface area contributed by atoms with E-state index >= 15 is 0 Å². The summed E-state index contributed by atoms with van der Waals surface area (Å²) in [5.74, 6) is 0.956. The van der Waals surface area contributed by atoms with Gasteiger partial charge in [0.05, 0.1) is 12.2 Å². The van der Waals surface area contributed by atoms with E-state index in [-0.39, 0.29) is 0 Å². The Morgan fingerprint density at radius 2 is 2.21 bits per heavy atom. The van der Waals surface area contributed by atoms with E-state index in [2.05, 4.69) is 42.2 Å². The van der Waals surface area contributed by atoms with Gasteiger partial charge in [0, 0.05) is 25.7 Å². The van der Waals surface area contributed by atoms with Crippen molar-refractivity contribution in [1.29, 1.82) is 0 Å². The van der Waals surface area contributed by atoms with Crippen molar-refractivity contribution in [3.8, 4) is 0 Å². The monoisotopic (exact) mass is 263 g/mol. The molecule has 0 saturated carbocycles. The van der Waals surface area contributed by atoms with E-state index in [1.54, 1.807) is 5.57 Å². The molecule has 0 unspecified atom stereocenters. The van der Waals surface area contributed by atoms with Crippen molar-refractivity contribution >= 4 is 0 Å². The van der Waals surface area contributed by atoms with E-state index in [9.17, 15) is 0 Å². The molecule has 0 aliphatic carbocycles. The van der Waals surface area contributed by atoms with Gasteiger partial charge in [-0.05, 0) is 18.9 Å². The molecular formula is C15H25N3O. The van der Waals surface area contributed by atoms with Crippen LogP contribution in [-0.2, 0) is 13.1 Å². The van der Waals surface area contributed by atoms with Crippen molar-refractivity contribution in [2.45, 2.75) is 40.3 Å². The van der Waals surface area contributed by atoms with Gasteiger partial charge in [-0.2, -0.15) is 0 Å². The van der Waals surface area contributed by atoms with E-state index in [1.807, 2.05) is 13.1 Å². The maximum absolute atomic E-state index is 5.36. The normalized spacial score (nSPS) is 17.6. The first-order valence-corrected chi connectivity index (χ1v) is 7.00. The highest BCUT2D eigenvalue weighted by Gasteiger charge is 2.21. The maximum Gasteiger partial charge on any atom is 0.151 e. The van der Waals surface area contributed by atoms with Crippen LogP contribution in [0.1, 0.15) is 38.6 Å². The number of nitrogens with one attached hydrogen (secondary N) is 1. The third kappa shape index (κ3) is 3.91. The molecule has 2 heterocycles. The van der Waals surface area contributed by atoms with Crippen LogP contribution in [0, 0.1) is 5.41 Å². The van der Waals surface area contributed by atoms with Crippen molar-refractivity contribution in [3.63, 3.8) is 0 Å². The van der Waals surface area contributed by atoms with Gasteiger partial charge in [-0.25, -0.2) is 0 Å². The summed E-state index contributed by atoms with van der Waals surface area (Å²) in [5, 5.41) is 7.12. The summed E-state index contributed by atoms with van der Waals surface area (Å²) in [6, 6.07) is 2.04. The molecule has 0 spiro atoms. The zero-order valence-electron chi connectivity index (χ0n) is 12.5. The fraction of sp³-hybridized carbons (Fsp3) is 0.667. The highest BCUT2D eigenvalue weighted by atomic mass is 16.5. The minimum atomic E-state index is 0.304. The maximum atomic E-state index is 5.36. The molecule has 19 heavy (non-hydrogen) atoms. The van der Waals surface area contributed by atoms with E-state index in [0.29, 0.717) is 5.41 Å². The number of aromatic nitrogens is 1. The number of nitrogens with zero attached hydrogens (tertiary/aromatic N) is 2. The summed E-state index contributed by atoms with van der Waals surface area (Å²) < 4.78 is 5.36. The van der Waals surface area contributed by atoms with E-state index in [0.717, 1.165) is 44.1 Å². The van der Waals surface area contributed by atoms with Gasteiger partial charge in [-0.1, -0.05) is 37.6 Å². The van der Waals surface area contributed by atoms with E-state index in [1.165, 1.54) is 0 Å². The van der Waals surface area contributed by atoms with Gasteiger partial charge < -0.3 is 9.84 Å².